The summed E-state index contributed by atoms with van der Waals surface area (Å²) in [5, 5.41) is 9.37. The maximum atomic E-state index is 13.0. The Bertz CT molecular complexity index is 470. The fourth-order valence-electron chi connectivity index (χ4n) is 2.39. The van der Waals surface area contributed by atoms with E-state index in [2.05, 4.69) is 15.9 Å². The smallest absolute Gasteiger partial charge is 0.314 e. The summed E-state index contributed by atoms with van der Waals surface area (Å²) in [4.78, 5) is 11.4. The van der Waals surface area contributed by atoms with Crippen molar-refractivity contribution in [1.82, 2.24) is 0 Å². The summed E-state index contributed by atoms with van der Waals surface area (Å²) in [6.45, 7) is 3.83. The van der Waals surface area contributed by atoms with Crippen LogP contribution in [0.5, 0.6) is 0 Å². The molecule has 86 valence electrons. The monoisotopic (exact) mass is 286 g/mol. The van der Waals surface area contributed by atoms with E-state index in [1.165, 1.54) is 12.1 Å². The van der Waals surface area contributed by atoms with Crippen LogP contribution in [0, 0.1) is 11.2 Å². The van der Waals surface area contributed by atoms with Gasteiger partial charge in [-0.2, -0.15) is 0 Å². The van der Waals surface area contributed by atoms with Crippen molar-refractivity contribution in [3.63, 3.8) is 0 Å². The van der Waals surface area contributed by atoms with Crippen LogP contribution in [0.4, 0.5) is 4.39 Å². The largest absolute Gasteiger partial charge is 0.481 e. The zero-order valence-electron chi connectivity index (χ0n) is 9.05. The molecule has 1 saturated carbocycles. The van der Waals surface area contributed by atoms with Gasteiger partial charge in [-0.25, -0.2) is 4.39 Å². The molecule has 0 aromatic heterocycles. The van der Waals surface area contributed by atoms with Crippen LogP contribution in [-0.2, 0) is 10.2 Å². The van der Waals surface area contributed by atoms with Crippen LogP contribution in [0.3, 0.4) is 0 Å². The number of hydrogen-bond donors (Lipinski definition) is 1. The van der Waals surface area contributed by atoms with Gasteiger partial charge in [-0.15, -0.1) is 0 Å². The van der Waals surface area contributed by atoms with Gasteiger partial charge in [-0.05, 0) is 29.5 Å². The quantitative estimate of drug-likeness (QED) is 0.905. The second-order valence-electron chi connectivity index (χ2n) is 4.90. The minimum atomic E-state index is -0.875. The van der Waals surface area contributed by atoms with E-state index in [4.69, 9.17) is 0 Å². The van der Waals surface area contributed by atoms with Crippen LogP contribution in [0.2, 0.25) is 0 Å². The molecule has 1 aromatic carbocycles. The van der Waals surface area contributed by atoms with E-state index in [9.17, 15) is 14.3 Å². The highest BCUT2D eigenvalue weighted by Crippen LogP contribution is 2.65. The topological polar surface area (TPSA) is 37.3 Å². The van der Waals surface area contributed by atoms with Gasteiger partial charge in [0.25, 0.3) is 0 Å². The first kappa shape index (κ1) is 11.6. The Labute approximate surface area is 102 Å². The molecule has 2 rings (SSSR count). The third-order valence-corrected chi connectivity index (χ3v) is 4.15. The Morgan fingerprint density at radius 3 is 2.44 bits per heavy atom. The molecule has 0 amide bonds. The van der Waals surface area contributed by atoms with E-state index in [0.717, 1.165) is 0 Å². The minimum absolute atomic E-state index is 0.279. The predicted molar refractivity (Wildman–Crippen MR) is 61.8 cm³/mol. The molecule has 1 aromatic rings. The number of benzene rings is 1. The molecule has 1 atom stereocenters. The van der Waals surface area contributed by atoms with Crippen LogP contribution in [-0.4, -0.2) is 11.1 Å². The SMILES string of the molecule is CC1(C)CC1(C(=O)O)c1ccc(F)cc1Br. The Morgan fingerprint density at radius 1 is 1.50 bits per heavy atom. The lowest BCUT2D eigenvalue weighted by Crippen LogP contribution is -2.26. The van der Waals surface area contributed by atoms with Crippen LogP contribution in [0.25, 0.3) is 0 Å². The van der Waals surface area contributed by atoms with E-state index in [0.29, 0.717) is 16.5 Å². The number of hydrogen-bond acceptors (Lipinski definition) is 1. The third kappa shape index (κ3) is 1.39. The van der Waals surface area contributed by atoms with Gasteiger partial charge in [0.1, 0.15) is 5.82 Å². The molecular weight excluding hydrogens is 275 g/mol. The summed E-state index contributed by atoms with van der Waals surface area (Å²) in [6, 6.07) is 4.18. The summed E-state index contributed by atoms with van der Waals surface area (Å²) >= 11 is 3.24. The number of rotatable bonds is 2. The van der Waals surface area contributed by atoms with E-state index in [-0.39, 0.29) is 11.2 Å². The van der Waals surface area contributed by atoms with Crippen LogP contribution < -0.4 is 0 Å². The van der Waals surface area contributed by atoms with Gasteiger partial charge in [0.2, 0.25) is 0 Å². The summed E-state index contributed by atoms with van der Waals surface area (Å²) < 4.78 is 13.5. The predicted octanol–water partition coefficient (Wildman–Crippen LogP) is 3.34. The first-order chi connectivity index (χ1) is 7.31. The highest BCUT2D eigenvalue weighted by atomic mass is 79.9. The first-order valence-electron chi connectivity index (χ1n) is 5.00. The van der Waals surface area contributed by atoms with Crippen LogP contribution >= 0.6 is 15.9 Å². The van der Waals surface area contributed by atoms with Gasteiger partial charge in [0, 0.05) is 4.47 Å². The molecular formula is C12H12BrFO2. The highest BCUT2D eigenvalue weighted by molar-refractivity contribution is 9.10. The summed E-state index contributed by atoms with van der Waals surface area (Å²) in [6.07, 6.45) is 0.583. The lowest BCUT2D eigenvalue weighted by Gasteiger charge is -2.17. The van der Waals surface area contributed by atoms with Crippen LogP contribution in [0.1, 0.15) is 25.8 Å². The van der Waals surface area contributed by atoms with Gasteiger partial charge in [-0.3, -0.25) is 4.79 Å². The normalized spacial score (nSPS) is 26.5. The maximum Gasteiger partial charge on any atom is 0.314 e. The molecule has 1 aliphatic carbocycles. The fraction of sp³-hybridized carbons (Fsp3) is 0.417. The van der Waals surface area contributed by atoms with Crippen LogP contribution in [0.15, 0.2) is 22.7 Å². The highest BCUT2D eigenvalue weighted by Gasteiger charge is 2.68. The molecule has 0 aliphatic heterocycles. The van der Waals surface area contributed by atoms with Crippen molar-refractivity contribution in [3.05, 3.63) is 34.1 Å². The molecule has 1 fully saturated rings. The molecule has 2 nitrogen and oxygen atoms in total. The molecule has 1 N–H and O–H groups in total. The van der Waals surface area contributed by atoms with E-state index >= 15 is 0 Å². The summed E-state index contributed by atoms with van der Waals surface area (Å²) in [5.74, 6) is -1.21. The average Bonchev–Trinajstić information content (AvgIpc) is 2.70. The lowest BCUT2D eigenvalue weighted by molar-refractivity contribution is -0.141. The fourth-order valence-corrected chi connectivity index (χ4v) is 3.08. The minimum Gasteiger partial charge on any atom is -0.481 e. The summed E-state index contributed by atoms with van der Waals surface area (Å²) in [5.41, 5.74) is -0.495. The van der Waals surface area contributed by atoms with Crippen molar-refractivity contribution in [2.45, 2.75) is 25.7 Å². The molecule has 16 heavy (non-hydrogen) atoms. The second-order valence-corrected chi connectivity index (χ2v) is 5.75. The average molecular weight is 287 g/mol. The standard InChI is InChI=1S/C12H12BrFO2/c1-11(2)6-12(11,10(15)16)8-4-3-7(14)5-9(8)13/h3-5H,6H2,1-2H3,(H,15,16). The molecule has 1 aliphatic rings. The van der Waals surface area contributed by atoms with E-state index in [1.807, 2.05) is 13.8 Å². The van der Waals surface area contributed by atoms with Gasteiger partial charge in [0.15, 0.2) is 0 Å². The van der Waals surface area contributed by atoms with Crippen molar-refractivity contribution in [2.75, 3.05) is 0 Å². The Morgan fingerprint density at radius 2 is 2.06 bits per heavy atom. The molecule has 0 radical (unpaired) electrons. The number of carboxylic acids is 1. The maximum absolute atomic E-state index is 13.0. The van der Waals surface area contributed by atoms with Crippen molar-refractivity contribution in [3.8, 4) is 0 Å². The first-order valence-corrected chi connectivity index (χ1v) is 5.79. The van der Waals surface area contributed by atoms with Crippen molar-refractivity contribution in [1.29, 1.82) is 0 Å². The van der Waals surface area contributed by atoms with Gasteiger partial charge < -0.3 is 5.11 Å². The number of aliphatic carboxylic acids is 1. The Kier molecular flexibility index (Phi) is 2.38. The molecule has 4 heteroatoms. The number of carbonyl (C=O) groups is 1. The molecule has 0 saturated heterocycles. The Hall–Kier alpha value is -0.900. The van der Waals surface area contributed by atoms with Gasteiger partial charge in [-0.1, -0.05) is 35.8 Å². The zero-order valence-corrected chi connectivity index (χ0v) is 10.6. The van der Waals surface area contributed by atoms with E-state index < -0.39 is 11.4 Å². The van der Waals surface area contributed by atoms with E-state index in [1.54, 1.807) is 6.07 Å². The third-order valence-electron chi connectivity index (χ3n) is 3.49. The zero-order chi connectivity index (χ0) is 12.1. The van der Waals surface area contributed by atoms with Gasteiger partial charge in [0.05, 0.1) is 5.41 Å². The molecule has 0 heterocycles. The van der Waals surface area contributed by atoms with Crippen molar-refractivity contribution >= 4 is 21.9 Å². The second kappa shape index (κ2) is 3.29. The molecule has 0 bridgehead atoms. The summed E-state index contributed by atoms with van der Waals surface area (Å²) in [7, 11) is 0. The number of halogens is 2. The van der Waals surface area contributed by atoms with Crippen molar-refractivity contribution in [2.24, 2.45) is 5.41 Å². The van der Waals surface area contributed by atoms with Gasteiger partial charge >= 0.3 is 5.97 Å². The Balaban J connectivity index is 2.56. The lowest BCUT2D eigenvalue weighted by atomic mass is 9.88. The molecule has 1 unspecified atom stereocenters. The molecule has 0 spiro atoms. The van der Waals surface area contributed by atoms with Crippen molar-refractivity contribution < 1.29 is 14.3 Å². The number of carboxylic acid groups (broad SMARTS) is 1.